The van der Waals surface area contributed by atoms with Gasteiger partial charge in [-0.3, -0.25) is 0 Å². The van der Waals surface area contributed by atoms with Gasteiger partial charge in [-0.2, -0.15) is 0 Å². The van der Waals surface area contributed by atoms with E-state index in [9.17, 15) is 20.1 Å². The minimum Gasteiger partial charge on any atom is -0.508 e. The number of carbonyl (C=O) groups is 1. The number of rotatable bonds is 18. The van der Waals surface area contributed by atoms with E-state index in [1.54, 1.807) is 42.3 Å². The number of ether oxygens (including phenoxy) is 3. The predicted molar refractivity (Wildman–Crippen MR) is 192 cm³/mol. The van der Waals surface area contributed by atoms with Crippen LogP contribution in [-0.4, -0.2) is 77.3 Å². The average Bonchev–Trinajstić information content (AvgIpc) is 3.12. The van der Waals surface area contributed by atoms with Gasteiger partial charge in [-0.15, -0.1) is 13.2 Å². The number of phenols is 1. The second-order valence-electron chi connectivity index (χ2n) is 13.4. The number of unbranched alkanes of at least 4 members (excludes halogenated alkanes) is 2. The lowest BCUT2D eigenvalue weighted by Gasteiger charge is -2.59. The van der Waals surface area contributed by atoms with Crippen LogP contribution in [0.4, 0.5) is 4.79 Å². The van der Waals surface area contributed by atoms with Gasteiger partial charge in [-0.1, -0.05) is 66.6 Å². The van der Waals surface area contributed by atoms with Crippen LogP contribution in [0.3, 0.4) is 0 Å². The number of hydrogen-bond acceptors (Lipinski definition) is 9. The van der Waals surface area contributed by atoms with Crippen molar-refractivity contribution in [3.8, 4) is 11.5 Å². The molecule has 6 atom stereocenters. The van der Waals surface area contributed by atoms with E-state index in [4.69, 9.17) is 24.2 Å². The van der Waals surface area contributed by atoms with E-state index < -0.39 is 23.8 Å². The number of fused-ring (bicyclic) bond motifs is 2. The smallest absolute Gasteiger partial charge is 0.409 e. The quantitative estimate of drug-likeness (QED) is 0.0879. The zero-order valence-electron chi connectivity index (χ0n) is 29.1. The third-order valence-electron chi connectivity index (χ3n) is 10.2. The summed E-state index contributed by atoms with van der Waals surface area (Å²) in [7, 11) is 1.70. The Balaban J connectivity index is 1.70. The Morgan fingerprint density at radius 1 is 1.06 bits per heavy atom. The fourth-order valence-electron chi connectivity index (χ4n) is 7.95. The van der Waals surface area contributed by atoms with Crippen molar-refractivity contribution in [3.05, 3.63) is 96.6 Å². The molecule has 0 aromatic heterocycles. The summed E-state index contributed by atoms with van der Waals surface area (Å²) in [5, 5.41) is 35.0. The molecule has 1 amide bonds. The van der Waals surface area contributed by atoms with Gasteiger partial charge in [0.1, 0.15) is 24.1 Å². The van der Waals surface area contributed by atoms with Gasteiger partial charge in [0.05, 0.1) is 24.8 Å². The lowest BCUT2D eigenvalue weighted by molar-refractivity contribution is -0.253. The summed E-state index contributed by atoms with van der Waals surface area (Å²) in [6.45, 7) is 8.50. The number of aromatic hydroxyl groups is 1. The van der Waals surface area contributed by atoms with Crippen molar-refractivity contribution in [2.75, 3.05) is 33.5 Å². The Hall–Kier alpha value is -4.12. The molecule has 2 aromatic carbocycles. The molecule has 1 aliphatic heterocycles. The maximum Gasteiger partial charge on any atom is 0.409 e. The van der Waals surface area contributed by atoms with E-state index in [2.05, 4.69) is 19.2 Å². The lowest BCUT2D eigenvalue weighted by atomic mass is 9.55. The topological polar surface area (TPSA) is 130 Å². The number of nitrogens with zero attached hydrogens (tertiary/aromatic N) is 2. The molecule has 0 bridgehead atoms. The van der Waals surface area contributed by atoms with Gasteiger partial charge in [0.15, 0.2) is 0 Å². The number of oxime groups is 1. The van der Waals surface area contributed by atoms with E-state index in [0.29, 0.717) is 30.7 Å². The number of hydrogen-bond donors (Lipinski definition) is 3. The first kappa shape index (κ1) is 37.1. The number of allylic oxidation sites excluding steroid dienone is 1. The largest absolute Gasteiger partial charge is 0.508 e. The van der Waals surface area contributed by atoms with Crippen LogP contribution in [0.1, 0.15) is 68.4 Å². The number of carbonyl (C=O) groups excluding carboxylic acids is 1. The zero-order chi connectivity index (χ0) is 35.5. The molecule has 3 N–H and O–H groups in total. The average molecular weight is 689 g/mol. The highest BCUT2D eigenvalue weighted by Gasteiger charge is 2.65. The summed E-state index contributed by atoms with van der Waals surface area (Å²) in [6, 6.07) is 14.3. The first-order chi connectivity index (χ1) is 24.4. The molecular formula is C40H52N2O8. The summed E-state index contributed by atoms with van der Waals surface area (Å²) in [4.78, 5) is 21.3. The Bertz CT molecular complexity index is 1510. The molecule has 0 spiro atoms. The van der Waals surface area contributed by atoms with E-state index in [-0.39, 0.29) is 63.0 Å². The molecule has 270 valence electrons. The number of likely N-dealkylation sites (N-methyl/N-ethyl adjacent to an activating group) is 1. The van der Waals surface area contributed by atoms with Gasteiger partial charge in [0.25, 0.3) is 0 Å². The molecule has 2 aliphatic carbocycles. The fraction of sp³-hybridized carbons (Fsp3) is 0.500. The standard InChI is InChI=1S/C40H52N2O8/c1-4-6-23-47-39(46)42(3)36-26-34(41-49-27-28-14-8-7-9-15-28)32-24-29(16-10-12-20-43)31(17-11-13-21-44)37-33-25-30(45)18-19-35(33)50-40(36,38(32)37)48-22-5-2/h4-5,7-9,14-15,18-19,24-25,29,31,36-38,43-45H,1-2,6,10-13,16-17,20-23,26-27H2,3H3. The molecule has 0 radical (unpaired) electrons. The lowest BCUT2D eigenvalue weighted by Crippen LogP contribution is -2.69. The minimum absolute atomic E-state index is 0.0697. The van der Waals surface area contributed by atoms with Crippen LogP contribution >= 0.6 is 0 Å². The fourth-order valence-corrected chi connectivity index (χ4v) is 7.95. The van der Waals surface area contributed by atoms with Gasteiger partial charge in [0.2, 0.25) is 5.79 Å². The Morgan fingerprint density at radius 2 is 1.82 bits per heavy atom. The Morgan fingerprint density at radius 3 is 2.54 bits per heavy atom. The van der Waals surface area contributed by atoms with Crippen molar-refractivity contribution in [3.63, 3.8) is 0 Å². The van der Waals surface area contributed by atoms with Crippen LogP contribution < -0.4 is 4.74 Å². The third kappa shape index (κ3) is 8.09. The number of benzene rings is 2. The van der Waals surface area contributed by atoms with Crippen molar-refractivity contribution in [2.24, 2.45) is 22.9 Å². The van der Waals surface area contributed by atoms with E-state index in [1.807, 2.05) is 30.3 Å². The van der Waals surface area contributed by atoms with Crippen LogP contribution in [0.15, 0.2) is 90.6 Å². The highest BCUT2D eigenvalue weighted by Crippen LogP contribution is 2.61. The molecule has 1 heterocycles. The first-order valence-corrected chi connectivity index (χ1v) is 17.8. The molecule has 10 nitrogen and oxygen atoms in total. The molecular weight excluding hydrogens is 636 g/mol. The number of aliphatic hydroxyl groups is 2. The zero-order valence-corrected chi connectivity index (χ0v) is 29.1. The molecule has 3 aliphatic rings. The molecule has 1 saturated carbocycles. The Kier molecular flexibility index (Phi) is 13.1. The van der Waals surface area contributed by atoms with Gasteiger partial charge in [-0.05, 0) is 73.3 Å². The van der Waals surface area contributed by atoms with Gasteiger partial charge < -0.3 is 39.3 Å². The summed E-state index contributed by atoms with van der Waals surface area (Å²) in [6.07, 6.45) is 10.5. The van der Waals surface area contributed by atoms with Gasteiger partial charge >= 0.3 is 6.09 Å². The number of amides is 1. The van der Waals surface area contributed by atoms with Gasteiger partial charge in [0, 0.05) is 38.2 Å². The first-order valence-electron chi connectivity index (χ1n) is 17.8. The number of phenolic OH excluding ortho intramolecular Hbond substituents is 1. The SMILES string of the molecule is C=CCCOC(=O)N(C)C1CC(=NOCc2ccccc2)C2=CC(CCCCO)C(CCCCO)C3c4cc(O)ccc4OC1(OCC=C)C23. The number of aliphatic hydroxyl groups excluding tert-OH is 2. The summed E-state index contributed by atoms with van der Waals surface area (Å²) in [5.74, 6) is -1.16. The van der Waals surface area contributed by atoms with Crippen LogP contribution in [0.5, 0.6) is 11.5 Å². The van der Waals surface area contributed by atoms with E-state index in [0.717, 1.165) is 42.4 Å². The maximum atomic E-state index is 13.7. The monoisotopic (exact) mass is 688 g/mol. The summed E-state index contributed by atoms with van der Waals surface area (Å²) < 4.78 is 19.5. The second kappa shape index (κ2) is 17.7. The van der Waals surface area contributed by atoms with Crippen molar-refractivity contribution in [1.82, 2.24) is 4.90 Å². The van der Waals surface area contributed by atoms with Crippen molar-refractivity contribution < 1.29 is 39.2 Å². The summed E-state index contributed by atoms with van der Waals surface area (Å²) in [5.41, 5.74) is 3.46. The normalized spacial score (nSPS) is 25.8. The van der Waals surface area contributed by atoms with Gasteiger partial charge in [-0.25, -0.2) is 4.79 Å². The highest BCUT2D eigenvalue weighted by molar-refractivity contribution is 6.02. The maximum absolute atomic E-state index is 13.7. The van der Waals surface area contributed by atoms with E-state index in [1.165, 1.54) is 0 Å². The van der Waals surface area contributed by atoms with Crippen LogP contribution in [-0.2, 0) is 20.9 Å². The van der Waals surface area contributed by atoms with E-state index >= 15 is 0 Å². The Labute approximate surface area is 295 Å². The molecule has 50 heavy (non-hydrogen) atoms. The highest BCUT2D eigenvalue weighted by atomic mass is 16.7. The molecule has 2 aromatic rings. The molecule has 10 heteroatoms. The van der Waals surface area contributed by atoms with Crippen LogP contribution in [0.2, 0.25) is 0 Å². The molecule has 6 unspecified atom stereocenters. The van der Waals surface area contributed by atoms with Crippen LogP contribution in [0, 0.1) is 17.8 Å². The van der Waals surface area contributed by atoms with Crippen LogP contribution in [0.25, 0.3) is 0 Å². The molecule has 0 saturated heterocycles. The molecule has 5 rings (SSSR count). The summed E-state index contributed by atoms with van der Waals surface area (Å²) >= 11 is 0. The second-order valence-corrected chi connectivity index (χ2v) is 13.4. The third-order valence-corrected chi connectivity index (χ3v) is 10.2. The predicted octanol–water partition coefficient (Wildman–Crippen LogP) is 6.87. The van der Waals surface area contributed by atoms with Crippen molar-refractivity contribution in [2.45, 2.75) is 75.7 Å². The molecule has 1 fully saturated rings. The minimum atomic E-state index is -1.37. The van der Waals surface area contributed by atoms with Crippen molar-refractivity contribution >= 4 is 11.8 Å². The van der Waals surface area contributed by atoms with Crippen molar-refractivity contribution in [1.29, 1.82) is 0 Å².